The molecule has 0 aliphatic heterocycles. The van der Waals surface area contributed by atoms with Gasteiger partial charge in [-0.3, -0.25) is 9.12 Å². The molecule has 0 saturated heterocycles. The van der Waals surface area contributed by atoms with Gasteiger partial charge in [-0.05, 0) is 33.3 Å². The van der Waals surface area contributed by atoms with Crippen LogP contribution in [0.4, 0.5) is 5.69 Å². The molecule has 0 unspecified atom stereocenters. The number of sulfone groups is 1. The van der Waals surface area contributed by atoms with E-state index in [0.717, 1.165) is 0 Å². The van der Waals surface area contributed by atoms with Crippen molar-refractivity contribution < 1.29 is 26.3 Å². The van der Waals surface area contributed by atoms with Crippen LogP contribution in [0.5, 0.6) is 11.6 Å². The first-order valence-electron chi connectivity index (χ1n) is 10.2. The summed E-state index contributed by atoms with van der Waals surface area (Å²) in [6.45, 7) is 6.61. The number of aromatic nitrogens is 3. The Kier molecular flexibility index (Phi) is 6.62. The highest BCUT2D eigenvalue weighted by atomic mass is 32.2. The normalized spacial score (nSPS) is 12.7. The van der Waals surface area contributed by atoms with Crippen molar-refractivity contribution in [2.75, 3.05) is 24.7 Å². The van der Waals surface area contributed by atoms with E-state index in [1.807, 2.05) is 0 Å². The van der Waals surface area contributed by atoms with Crippen LogP contribution in [0.25, 0.3) is 16.9 Å². The molecule has 3 aromatic heterocycles. The molecule has 3 rings (SSSR count). The van der Waals surface area contributed by atoms with E-state index in [9.17, 15) is 16.8 Å². The highest BCUT2D eigenvalue weighted by molar-refractivity contribution is 7.93. The summed E-state index contributed by atoms with van der Waals surface area (Å²) in [6.07, 6.45) is 4.96. The van der Waals surface area contributed by atoms with E-state index in [2.05, 4.69) is 14.7 Å². The monoisotopic (exact) mass is 496 g/mol. The molecule has 1 N–H and O–H groups in total. The Bertz CT molecular complexity index is 1390. The van der Waals surface area contributed by atoms with E-state index >= 15 is 0 Å². The fourth-order valence-corrected chi connectivity index (χ4v) is 5.64. The lowest BCUT2D eigenvalue weighted by atomic mass is 10.2. The molecular formula is C21H28N4O6S2. The van der Waals surface area contributed by atoms with Gasteiger partial charge in [0.25, 0.3) is 0 Å². The highest BCUT2D eigenvalue weighted by Crippen LogP contribution is 2.35. The maximum atomic E-state index is 13.2. The number of ether oxygens (including phenoxy) is 2. The molecule has 33 heavy (non-hydrogen) atoms. The van der Waals surface area contributed by atoms with Crippen molar-refractivity contribution in [2.45, 2.75) is 43.8 Å². The molecule has 0 fully saturated rings. The number of pyridine rings is 2. The van der Waals surface area contributed by atoms with Crippen molar-refractivity contribution in [2.24, 2.45) is 0 Å². The molecule has 0 aliphatic rings. The largest absolute Gasteiger partial charge is 0.495 e. The van der Waals surface area contributed by atoms with Crippen LogP contribution in [0, 0.1) is 0 Å². The van der Waals surface area contributed by atoms with Crippen molar-refractivity contribution >= 4 is 31.2 Å². The first-order valence-corrected chi connectivity index (χ1v) is 13.3. The number of fused-ring (bicyclic) bond motifs is 1. The number of methoxy groups -OCH3 is 2. The van der Waals surface area contributed by atoms with Crippen LogP contribution in [-0.2, 0) is 19.9 Å². The van der Waals surface area contributed by atoms with E-state index in [1.165, 1.54) is 26.6 Å². The van der Waals surface area contributed by atoms with Gasteiger partial charge < -0.3 is 9.47 Å². The third kappa shape index (κ3) is 4.76. The minimum Gasteiger partial charge on any atom is -0.495 e. The van der Waals surface area contributed by atoms with Crippen LogP contribution in [0.3, 0.4) is 0 Å². The lowest BCUT2D eigenvalue weighted by Crippen LogP contribution is -2.28. The van der Waals surface area contributed by atoms with Crippen molar-refractivity contribution in [3.63, 3.8) is 0 Å². The average Bonchev–Trinajstić information content (AvgIpc) is 3.14. The highest BCUT2D eigenvalue weighted by Gasteiger charge is 2.34. The molecule has 0 aliphatic carbocycles. The molecule has 180 valence electrons. The number of hydrogen-bond acceptors (Lipinski definition) is 8. The van der Waals surface area contributed by atoms with Gasteiger partial charge in [-0.15, -0.1) is 0 Å². The number of imidazole rings is 1. The summed E-state index contributed by atoms with van der Waals surface area (Å²) in [7, 11) is -4.53. The summed E-state index contributed by atoms with van der Waals surface area (Å²) < 4.78 is 64.6. The third-order valence-corrected chi connectivity index (χ3v) is 8.94. The fraction of sp³-hybridized carbons (Fsp3) is 0.429. The molecule has 0 amide bonds. The van der Waals surface area contributed by atoms with Gasteiger partial charge in [0.2, 0.25) is 15.9 Å². The molecule has 0 bridgehead atoms. The van der Waals surface area contributed by atoms with Gasteiger partial charge >= 0.3 is 0 Å². The Hall–Kier alpha value is -2.86. The summed E-state index contributed by atoms with van der Waals surface area (Å²) in [4.78, 5) is 8.59. The number of anilines is 1. The van der Waals surface area contributed by atoms with E-state index in [4.69, 9.17) is 9.47 Å². The zero-order valence-corrected chi connectivity index (χ0v) is 21.0. The first kappa shape index (κ1) is 24.8. The van der Waals surface area contributed by atoms with Crippen LogP contribution in [0.2, 0.25) is 0 Å². The van der Waals surface area contributed by atoms with E-state index in [0.29, 0.717) is 23.3 Å². The summed E-state index contributed by atoms with van der Waals surface area (Å²) in [5.41, 5.74) is 1.67. The van der Waals surface area contributed by atoms with Crippen LogP contribution in [-0.4, -0.2) is 55.9 Å². The minimum atomic E-state index is -3.74. The molecular weight excluding hydrogens is 468 g/mol. The summed E-state index contributed by atoms with van der Waals surface area (Å²) in [5.74, 6) is 0.254. The average molecular weight is 497 g/mol. The summed E-state index contributed by atoms with van der Waals surface area (Å²) in [6, 6.07) is 3.12. The maximum Gasteiger partial charge on any atom is 0.238 e. The zero-order valence-electron chi connectivity index (χ0n) is 19.4. The van der Waals surface area contributed by atoms with Gasteiger partial charge in [-0.2, -0.15) is 0 Å². The SMILES string of the molecule is CCCS(=O)(=O)Nc1cc(-c2cnc3cc(OC)c(S(=O)(=O)C(C)(C)C)cn23)cnc1OC. The van der Waals surface area contributed by atoms with Crippen LogP contribution in [0.15, 0.2) is 35.6 Å². The predicted octanol–water partition coefficient (Wildman–Crippen LogP) is 3.14. The third-order valence-electron chi connectivity index (χ3n) is 4.97. The number of hydrogen-bond donors (Lipinski definition) is 1. The van der Waals surface area contributed by atoms with Crippen molar-refractivity contribution in [1.29, 1.82) is 0 Å². The van der Waals surface area contributed by atoms with Crippen LogP contribution < -0.4 is 14.2 Å². The standard InChI is InChI=1S/C21H28N4O6S2/c1-7-8-32(26,27)24-15-9-14(11-23-20(15)31-6)16-12-22-19-10-17(30-5)18(13-25(16)19)33(28,29)21(2,3)4/h9-13,24H,7-8H2,1-6H3. The molecule has 0 radical (unpaired) electrons. The van der Waals surface area contributed by atoms with E-state index in [1.54, 1.807) is 50.4 Å². The first-order chi connectivity index (χ1) is 15.3. The molecule has 10 nitrogen and oxygen atoms in total. The smallest absolute Gasteiger partial charge is 0.238 e. The molecule has 0 atom stereocenters. The van der Waals surface area contributed by atoms with Crippen molar-refractivity contribution in [3.05, 3.63) is 30.7 Å². The van der Waals surface area contributed by atoms with Gasteiger partial charge in [-0.25, -0.2) is 26.8 Å². The minimum absolute atomic E-state index is 0.0228. The predicted molar refractivity (Wildman–Crippen MR) is 126 cm³/mol. The second kappa shape index (κ2) is 8.82. The lowest BCUT2D eigenvalue weighted by molar-refractivity contribution is 0.400. The second-order valence-electron chi connectivity index (χ2n) is 8.40. The maximum absolute atomic E-state index is 13.2. The van der Waals surface area contributed by atoms with Crippen LogP contribution in [0.1, 0.15) is 34.1 Å². The van der Waals surface area contributed by atoms with E-state index < -0.39 is 24.6 Å². The summed E-state index contributed by atoms with van der Waals surface area (Å²) >= 11 is 0. The van der Waals surface area contributed by atoms with Gasteiger partial charge in [0, 0.05) is 24.0 Å². The summed E-state index contributed by atoms with van der Waals surface area (Å²) in [5, 5.41) is 0. The second-order valence-corrected chi connectivity index (χ2v) is 12.9. The van der Waals surface area contributed by atoms with E-state index in [-0.39, 0.29) is 28.0 Å². The number of nitrogens with zero attached hydrogens (tertiary/aromatic N) is 3. The number of rotatable bonds is 8. The van der Waals surface area contributed by atoms with Gasteiger partial charge in [0.1, 0.15) is 22.0 Å². The molecule has 12 heteroatoms. The number of nitrogens with one attached hydrogen (secondary N) is 1. The zero-order chi connectivity index (χ0) is 24.6. The Balaban J connectivity index is 2.21. The molecule has 0 aromatic carbocycles. The molecule has 3 heterocycles. The molecule has 0 spiro atoms. The van der Waals surface area contributed by atoms with Gasteiger partial charge in [0.15, 0.2) is 9.84 Å². The van der Waals surface area contributed by atoms with Crippen LogP contribution >= 0.6 is 0 Å². The van der Waals surface area contributed by atoms with Gasteiger partial charge in [-0.1, -0.05) is 6.92 Å². The molecule has 0 saturated carbocycles. The Morgan fingerprint density at radius 2 is 1.73 bits per heavy atom. The van der Waals surface area contributed by atoms with Crippen molar-refractivity contribution in [3.8, 4) is 22.9 Å². The fourth-order valence-electron chi connectivity index (χ4n) is 3.21. The van der Waals surface area contributed by atoms with Gasteiger partial charge in [0.05, 0.1) is 36.6 Å². The topological polar surface area (TPSA) is 129 Å². The Morgan fingerprint density at radius 3 is 2.30 bits per heavy atom. The molecule has 3 aromatic rings. The number of sulfonamides is 1. The Labute approximate surface area is 193 Å². The lowest BCUT2D eigenvalue weighted by Gasteiger charge is -2.21. The Morgan fingerprint density at radius 1 is 1.03 bits per heavy atom. The quantitative estimate of drug-likeness (QED) is 0.504. The van der Waals surface area contributed by atoms with Crippen molar-refractivity contribution in [1.82, 2.24) is 14.4 Å².